The molecular formula is C13H28ClNO2. The second kappa shape index (κ2) is 10.1. The second-order valence-electron chi connectivity index (χ2n) is 5.31. The lowest BCUT2D eigenvalue weighted by molar-refractivity contribution is 0.0687. The number of methoxy groups -OCH3 is 1. The van der Waals surface area contributed by atoms with Crippen LogP contribution < -0.4 is 5.32 Å². The molecule has 0 spiro atoms. The lowest BCUT2D eigenvalue weighted by atomic mass is 9.85. The molecule has 17 heavy (non-hydrogen) atoms. The van der Waals surface area contributed by atoms with E-state index in [4.69, 9.17) is 21.1 Å². The zero-order valence-corrected chi connectivity index (χ0v) is 12.5. The standard InChI is InChI=1S/C13H28ClNO2/c1-13(2,3)12(6-7-14)15-8-5-9-17-11-10-16-4/h12,15H,5-11H2,1-4H3. The molecule has 0 fully saturated rings. The van der Waals surface area contributed by atoms with Crippen molar-refractivity contribution < 1.29 is 9.47 Å². The van der Waals surface area contributed by atoms with Crippen molar-refractivity contribution in [2.75, 3.05) is 39.4 Å². The molecule has 0 saturated heterocycles. The monoisotopic (exact) mass is 265 g/mol. The van der Waals surface area contributed by atoms with E-state index in [1.54, 1.807) is 7.11 Å². The third-order valence-electron chi connectivity index (χ3n) is 2.73. The van der Waals surface area contributed by atoms with Crippen molar-refractivity contribution in [3.63, 3.8) is 0 Å². The van der Waals surface area contributed by atoms with Gasteiger partial charge < -0.3 is 14.8 Å². The van der Waals surface area contributed by atoms with Gasteiger partial charge in [-0.05, 0) is 24.8 Å². The Labute approximate surface area is 111 Å². The molecule has 0 aliphatic carbocycles. The van der Waals surface area contributed by atoms with Gasteiger partial charge in [0.2, 0.25) is 0 Å². The number of ether oxygens (including phenoxy) is 2. The summed E-state index contributed by atoms with van der Waals surface area (Å²) in [7, 11) is 1.69. The smallest absolute Gasteiger partial charge is 0.0700 e. The molecule has 0 saturated carbocycles. The highest BCUT2D eigenvalue weighted by Gasteiger charge is 2.22. The summed E-state index contributed by atoms with van der Waals surface area (Å²) in [6.07, 6.45) is 2.04. The Morgan fingerprint density at radius 1 is 1.18 bits per heavy atom. The first-order valence-electron chi connectivity index (χ1n) is 6.38. The Morgan fingerprint density at radius 3 is 2.41 bits per heavy atom. The van der Waals surface area contributed by atoms with Gasteiger partial charge in [0.25, 0.3) is 0 Å². The Morgan fingerprint density at radius 2 is 1.88 bits per heavy atom. The predicted molar refractivity (Wildman–Crippen MR) is 73.9 cm³/mol. The number of hydrogen-bond donors (Lipinski definition) is 1. The van der Waals surface area contributed by atoms with E-state index in [1.165, 1.54) is 0 Å². The van der Waals surface area contributed by atoms with Crippen molar-refractivity contribution >= 4 is 11.6 Å². The van der Waals surface area contributed by atoms with Crippen LogP contribution in [0.15, 0.2) is 0 Å². The van der Waals surface area contributed by atoms with Gasteiger partial charge in [-0.15, -0.1) is 11.6 Å². The number of halogens is 1. The van der Waals surface area contributed by atoms with E-state index in [0.29, 0.717) is 25.1 Å². The molecule has 104 valence electrons. The van der Waals surface area contributed by atoms with Gasteiger partial charge in [-0.3, -0.25) is 0 Å². The summed E-state index contributed by atoms with van der Waals surface area (Å²) in [6.45, 7) is 9.84. The topological polar surface area (TPSA) is 30.5 Å². The van der Waals surface area contributed by atoms with Crippen LogP contribution in [0.2, 0.25) is 0 Å². The summed E-state index contributed by atoms with van der Waals surface area (Å²) in [6, 6.07) is 0.471. The lowest BCUT2D eigenvalue weighted by Crippen LogP contribution is -2.41. The van der Waals surface area contributed by atoms with Crippen molar-refractivity contribution in [3.05, 3.63) is 0 Å². The normalized spacial score (nSPS) is 13.9. The minimum absolute atomic E-state index is 0.256. The molecule has 0 aliphatic rings. The molecule has 4 heteroatoms. The van der Waals surface area contributed by atoms with Gasteiger partial charge in [0.15, 0.2) is 0 Å². The summed E-state index contributed by atoms with van der Waals surface area (Å²) in [5, 5.41) is 3.56. The van der Waals surface area contributed by atoms with E-state index in [9.17, 15) is 0 Å². The van der Waals surface area contributed by atoms with Gasteiger partial charge in [-0.1, -0.05) is 20.8 Å². The zero-order valence-electron chi connectivity index (χ0n) is 11.7. The van der Waals surface area contributed by atoms with E-state index in [1.807, 2.05) is 0 Å². The van der Waals surface area contributed by atoms with E-state index in [2.05, 4.69) is 26.1 Å². The highest BCUT2D eigenvalue weighted by molar-refractivity contribution is 6.17. The fourth-order valence-electron chi connectivity index (χ4n) is 1.65. The third-order valence-corrected chi connectivity index (χ3v) is 2.95. The molecule has 1 atom stereocenters. The van der Waals surface area contributed by atoms with Crippen LogP contribution in [-0.4, -0.2) is 45.4 Å². The summed E-state index contributed by atoms with van der Waals surface area (Å²) in [4.78, 5) is 0. The molecule has 0 amide bonds. The van der Waals surface area contributed by atoms with Crippen LogP contribution in [0.1, 0.15) is 33.6 Å². The maximum absolute atomic E-state index is 5.82. The van der Waals surface area contributed by atoms with Gasteiger partial charge in [0, 0.05) is 25.6 Å². The molecule has 0 aromatic rings. The molecule has 0 radical (unpaired) electrons. The molecule has 0 rings (SSSR count). The molecule has 3 nitrogen and oxygen atoms in total. The van der Waals surface area contributed by atoms with Crippen molar-refractivity contribution in [1.82, 2.24) is 5.32 Å². The largest absolute Gasteiger partial charge is 0.382 e. The number of alkyl halides is 1. The summed E-state index contributed by atoms with van der Waals surface area (Å²) in [5.74, 6) is 0.708. The Hall–Kier alpha value is 0.170. The fourth-order valence-corrected chi connectivity index (χ4v) is 1.86. The lowest BCUT2D eigenvalue weighted by Gasteiger charge is -2.31. The highest BCUT2D eigenvalue weighted by Crippen LogP contribution is 2.22. The summed E-state index contributed by atoms with van der Waals surface area (Å²) >= 11 is 5.82. The first-order chi connectivity index (χ1) is 8.02. The molecule has 1 unspecified atom stereocenters. The molecule has 1 N–H and O–H groups in total. The first-order valence-corrected chi connectivity index (χ1v) is 6.92. The first kappa shape index (κ1) is 17.2. The van der Waals surface area contributed by atoms with Gasteiger partial charge >= 0.3 is 0 Å². The Balaban J connectivity index is 3.55. The maximum Gasteiger partial charge on any atom is 0.0700 e. The SMILES string of the molecule is COCCOCCCNC(CCCl)C(C)(C)C. The molecule has 0 aliphatic heterocycles. The van der Waals surface area contributed by atoms with Gasteiger partial charge in [0.1, 0.15) is 0 Å². The van der Waals surface area contributed by atoms with Crippen LogP contribution in [0.5, 0.6) is 0 Å². The maximum atomic E-state index is 5.82. The third kappa shape index (κ3) is 9.83. The fraction of sp³-hybridized carbons (Fsp3) is 1.00. The molecule has 0 bridgehead atoms. The van der Waals surface area contributed by atoms with E-state index in [-0.39, 0.29) is 5.41 Å². The Kier molecular flexibility index (Phi) is 10.2. The van der Waals surface area contributed by atoms with Gasteiger partial charge in [-0.25, -0.2) is 0 Å². The van der Waals surface area contributed by atoms with Gasteiger partial charge in [0.05, 0.1) is 13.2 Å². The predicted octanol–water partition coefficient (Wildman–Crippen LogP) is 2.67. The molecule has 0 aromatic carbocycles. The van der Waals surface area contributed by atoms with E-state index in [0.717, 1.165) is 26.0 Å². The quantitative estimate of drug-likeness (QED) is 0.487. The van der Waals surface area contributed by atoms with Crippen LogP contribution >= 0.6 is 11.6 Å². The van der Waals surface area contributed by atoms with Gasteiger partial charge in [-0.2, -0.15) is 0 Å². The van der Waals surface area contributed by atoms with Crippen molar-refractivity contribution in [2.45, 2.75) is 39.7 Å². The van der Waals surface area contributed by atoms with Crippen LogP contribution in [0.25, 0.3) is 0 Å². The molecular weight excluding hydrogens is 238 g/mol. The van der Waals surface area contributed by atoms with E-state index >= 15 is 0 Å². The molecule has 0 aromatic heterocycles. The zero-order chi connectivity index (χ0) is 13.1. The van der Waals surface area contributed by atoms with Crippen LogP contribution in [0, 0.1) is 5.41 Å². The van der Waals surface area contributed by atoms with Crippen molar-refractivity contribution in [2.24, 2.45) is 5.41 Å². The van der Waals surface area contributed by atoms with Crippen LogP contribution in [-0.2, 0) is 9.47 Å². The van der Waals surface area contributed by atoms with E-state index < -0.39 is 0 Å². The number of hydrogen-bond acceptors (Lipinski definition) is 3. The highest BCUT2D eigenvalue weighted by atomic mass is 35.5. The van der Waals surface area contributed by atoms with Crippen molar-refractivity contribution in [3.8, 4) is 0 Å². The Bertz CT molecular complexity index is 171. The van der Waals surface area contributed by atoms with Crippen LogP contribution in [0.4, 0.5) is 0 Å². The molecule has 0 heterocycles. The second-order valence-corrected chi connectivity index (χ2v) is 5.69. The minimum atomic E-state index is 0.256. The number of rotatable bonds is 10. The van der Waals surface area contributed by atoms with Crippen LogP contribution in [0.3, 0.4) is 0 Å². The average molecular weight is 266 g/mol. The summed E-state index contributed by atoms with van der Waals surface area (Å²) < 4.78 is 10.3. The van der Waals surface area contributed by atoms with Crippen molar-refractivity contribution in [1.29, 1.82) is 0 Å². The summed E-state index contributed by atoms with van der Waals surface area (Å²) in [5.41, 5.74) is 0.256. The average Bonchev–Trinajstić information content (AvgIpc) is 2.25. The number of nitrogens with one attached hydrogen (secondary N) is 1. The minimum Gasteiger partial charge on any atom is -0.382 e.